The zero-order chi connectivity index (χ0) is 15.6. The molecule has 0 saturated heterocycles. The Labute approximate surface area is 130 Å². The van der Waals surface area contributed by atoms with Crippen LogP contribution >= 0.6 is 11.6 Å². The molecular formula is C16H22ClN3O. The van der Waals surface area contributed by atoms with E-state index in [4.69, 9.17) is 17.3 Å². The van der Waals surface area contributed by atoms with Crippen LogP contribution in [0.3, 0.4) is 0 Å². The van der Waals surface area contributed by atoms with Crippen molar-refractivity contribution in [1.29, 1.82) is 0 Å². The Morgan fingerprint density at radius 1 is 1.43 bits per heavy atom. The van der Waals surface area contributed by atoms with Gasteiger partial charge in [-0.2, -0.15) is 0 Å². The lowest BCUT2D eigenvalue weighted by Gasteiger charge is -2.24. The van der Waals surface area contributed by atoms with Crippen LogP contribution in [-0.2, 0) is 17.9 Å². The smallest absolute Gasteiger partial charge is 0.240 e. The van der Waals surface area contributed by atoms with E-state index in [-0.39, 0.29) is 18.0 Å². The minimum atomic E-state index is -0.200. The van der Waals surface area contributed by atoms with Crippen molar-refractivity contribution in [3.05, 3.63) is 35.0 Å². The third-order valence-corrected chi connectivity index (χ3v) is 4.06. The number of aromatic nitrogens is 1. The summed E-state index contributed by atoms with van der Waals surface area (Å²) in [6.07, 6.45) is 2.81. The molecule has 21 heavy (non-hydrogen) atoms. The monoisotopic (exact) mass is 307 g/mol. The van der Waals surface area contributed by atoms with Crippen molar-refractivity contribution in [3.63, 3.8) is 0 Å². The van der Waals surface area contributed by atoms with E-state index in [9.17, 15) is 4.79 Å². The van der Waals surface area contributed by atoms with Gasteiger partial charge in [0, 0.05) is 28.7 Å². The van der Waals surface area contributed by atoms with Gasteiger partial charge in [-0.3, -0.25) is 4.79 Å². The number of fused-ring (bicyclic) bond motifs is 1. The quantitative estimate of drug-likeness (QED) is 0.892. The summed E-state index contributed by atoms with van der Waals surface area (Å²) in [6, 6.07) is 5.66. The Balaban J connectivity index is 2.30. The largest absolute Gasteiger partial charge is 0.350 e. The summed E-state index contributed by atoms with van der Waals surface area (Å²) < 4.78 is 1.91. The highest BCUT2D eigenvalue weighted by molar-refractivity contribution is 6.31. The van der Waals surface area contributed by atoms with Crippen LogP contribution < -0.4 is 11.1 Å². The fourth-order valence-electron chi connectivity index (χ4n) is 2.29. The van der Waals surface area contributed by atoms with Crippen LogP contribution in [0.1, 0.15) is 32.8 Å². The van der Waals surface area contributed by atoms with Crippen molar-refractivity contribution in [2.24, 2.45) is 5.73 Å². The normalized spacial score (nSPS) is 11.9. The van der Waals surface area contributed by atoms with Crippen LogP contribution in [-0.4, -0.2) is 16.0 Å². The number of hydrogen-bond donors (Lipinski definition) is 2. The van der Waals surface area contributed by atoms with Crippen LogP contribution in [0.25, 0.3) is 10.9 Å². The van der Waals surface area contributed by atoms with Crippen molar-refractivity contribution < 1.29 is 4.79 Å². The van der Waals surface area contributed by atoms with Gasteiger partial charge in [-0.25, -0.2) is 0 Å². The first kappa shape index (κ1) is 15.9. The first-order chi connectivity index (χ1) is 9.86. The predicted octanol–water partition coefficient (Wildman–Crippen LogP) is 3.06. The van der Waals surface area contributed by atoms with Crippen LogP contribution in [0, 0.1) is 0 Å². The molecule has 0 unspecified atom stereocenters. The van der Waals surface area contributed by atoms with Gasteiger partial charge < -0.3 is 15.6 Å². The molecule has 0 saturated carbocycles. The van der Waals surface area contributed by atoms with Crippen molar-refractivity contribution in [2.45, 2.75) is 45.8 Å². The second-order valence-electron chi connectivity index (χ2n) is 5.93. The Morgan fingerprint density at radius 3 is 2.76 bits per heavy atom. The SMILES string of the molecule is CCC(C)(C)NC(=O)Cn1cc(CN)c2ccc(Cl)cc21. The number of rotatable bonds is 5. The molecule has 0 aliphatic rings. The maximum atomic E-state index is 12.2. The van der Waals surface area contributed by atoms with Gasteiger partial charge in [0.25, 0.3) is 0 Å². The highest BCUT2D eigenvalue weighted by Crippen LogP contribution is 2.24. The number of carbonyl (C=O) groups is 1. The van der Waals surface area contributed by atoms with E-state index >= 15 is 0 Å². The maximum absolute atomic E-state index is 12.2. The van der Waals surface area contributed by atoms with Gasteiger partial charge in [0.1, 0.15) is 6.54 Å². The molecule has 0 aliphatic carbocycles. The van der Waals surface area contributed by atoms with E-state index < -0.39 is 0 Å². The Kier molecular flexibility index (Phi) is 4.59. The molecule has 0 spiro atoms. The molecule has 2 rings (SSSR count). The van der Waals surface area contributed by atoms with Crippen molar-refractivity contribution in [1.82, 2.24) is 9.88 Å². The van der Waals surface area contributed by atoms with Crippen LogP contribution in [0.2, 0.25) is 5.02 Å². The summed E-state index contributed by atoms with van der Waals surface area (Å²) >= 11 is 6.06. The standard InChI is InChI=1S/C16H22ClN3O/c1-4-16(2,3)19-15(21)10-20-9-11(8-18)13-6-5-12(17)7-14(13)20/h5-7,9H,4,8,10,18H2,1-3H3,(H,19,21). The summed E-state index contributed by atoms with van der Waals surface area (Å²) in [5, 5.41) is 4.74. The van der Waals surface area contributed by atoms with Crippen LogP contribution in [0.5, 0.6) is 0 Å². The first-order valence-corrected chi connectivity index (χ1v) is 7.52. The van der Waals surface area contributed by atoms with Crippen molar-refractivity contribution in [2.75, 3.05) is 0 Å². The van der Waals surface area contributed by atoms with Crippen molar-refractivity contribution in [3.8, 4) is 0 Å². The third kappa shape index (κ3) is 3.57. The van der Waals surface area contributed by atoms with E-state index in [0.717, 1.165) is 22.9 Å². The molecule has 4 nitrogen and oxygen atoms in total. The molecule has 0 radical (unpaired) electrons. The van der Waals surface area contributed by atoms with Gasteiger partial charge in [0.15, 0.2) is 0 Å². The minimum absolute atomic E-state index is 0.0118. The topological polar surface area (TPSA) is 60.0 Å². The molecule has 2 aromatic rings. The molecule has 0 atom stereocenters. The number of nitrogens with one attached hydrogen (secondary N) is 1. The van der Waals surface area contributed by atoms with Gasteiger partial charge in [-0.15, -0.1) is 0 Å². The summed E-state index contributed by atoms with van der Waals surface area (Å²) in [5.41, 5.74) is 7.53. The number of nitrogens with two attached hydrogens (primary N) is 1. The van der Waals surface area contributed by atoms with Gasteiger partial charge in [0.2, 0.25) is 5.91 Å². The fraction of sp³-hybridized carbons (Fsp3) is 0.438. The lowest BCUT2D eigenvalue weighted by Crippen LogP contribution is -2.44. The Bertz CT molecular complexity index is 661. The highest BCUT2D eigenvalue weighted by Gasteiger charge is 2.18. The summed E-state index contributed by atoms with van der Waals surface area (Å²) in [5.74, 6) is -0.0118. The molecular weight excluding hydrogens is 286 g/mol. The molecule has 1 aromatic carbocycles. The number of carbonyl (C=O) groups excluding carboxylic acids is 1. The van der Waals surface area contributed by atoms with E-state index in [0.29, 0.717) is 11.6 Å². The highest BCUT2D eigenvalue weighted by atomic mass is 35.5. The number of halogens is 1. The van der Waals surface area contributed by atoms with Crippen LogP contribution in [0.4, 0.5) is 0 Å². The Hall–Kier alpha value is -1.52. The van der Waals surface area contributed by atoms with Gasteiger partial charge in [-0.1, -0.05) is 24.6 Å². The second-order valence-corrected chi connectivity index (χ2v) is 6.37. The van der Waals surface area contributed by atoms with Gasteiger partial charge in [-0.05, 0) is 38.0 Å². The predicted molar refractivity (Wildman–Crippen MR) is 87.4 cm³/mol. The molecule has 0 bridgehead atoms. The molecule has 114 valence electrons. The van der Waals surface area contributed by atoms with Gasteiger partial charge >= 0.3 is 0 Å². The summed E-state index contributed by atoms with van der Waals surface area (Å²) in [6.45, 7) is 6.78. The number of benzene rings is 1. The average molecular weight is 308 g/mol. The lowest BCUT2D eigenvalue weighted by molar-refractivity contribution is -0.123. The fourth-order valence-corrected chi connectivity index (χ4v) is 2.46. The lowest BCUT2D eigenvalue weighted by atomic mass is 10.0. The van der Waals surface area contributed by atoms with Crippen molar-refractivity contribution >= 4 is 28.4 Å². The van der Waals surface area contributed by atoms with E-state index in [1.165, 1.54) is 0 Å². The van der Waals surface area contributed by atoms with E-state index in [1.807, 2.05) is 42.8 Å². The zero-order valence-corrected chi connectivity index (χ0v) is 13.5. The van der Waals surface area contributed by atoms with E-state index in [2.05, 4.69) is 12.2 Å². The average Bonchev–Trinajstić information content (AvgIpc) is 2.75. The number of nitrogens with zero attached hydrogens (tertiary/aromatic N) is 1. The molecule has 0 fully saturated rings. The molecule has 1 amide bonds. The zero-order valence-electron chi connectivity index (χ0n) is 12.7. The molecule has 0 aliphatic heterocycles. The minimum Gasteiger partial charge on any atom is -0.350 e. The Morgan fingerprint density at radius 2 is 2.14 bits per heavy atom. The first-order valence-electron chi connectivity index (χ1n) is 7.14. The van der Waals surface area contributed by atoms with E-state index in [1.54, 1.807) is 0 Å². The third-order valence-electron chi connectivity index (χ3n) is 3.82. The molecule has 5 heteroatoms. The second kappa shape index (κ2) is 6.08. The molecule has 3 N–H and O–H groups in total. The van der Waals surface area contributed by atoms with Crippen LogP contribution in [0.15, 0.2) is 24.4 Å². The summed E-state index contributed by atoms with van der Waals surface area (Å²) in [7, 11) is 0. The molecule has 1 heterocycles. The molecule has 1 aromatic heterocycles. The van der Waals surface area contributed by atoms with Gasteiger partial charge in [0.05, 0.1) is 5.52 Å². The number of amides is 1. The summed E-state index contributed by atoms with van der Waals surface area (Å²) in [4.78, 5) is 12.2. The maximum Gasteiger partial charge on any atom is 0.240 e. The number of hydrogen-bond acceptors (Lipinski definition) is 2.